The molecule has 0 saturated carbocycles. The number of nitrogens with one attached hydrogen (secondary N) is 1. The first-order valence-electron chi connectivity index (χ1n) is 4.87. The maximum absolute atomic E-state index is 11.5. The van der Waals surface area contributed by atoms with Gasteiger partial charge >= 0.3 is 0 Å². The van der Waals surface area contributed by atoms with Gasteiger partial charge in [-0.05, 0) is 12.1 Å². The smallest absolute Gasteiger partial charge is 0.251 e. The Kier molecular flexibility index (Phi) is 4.16. The normalized spacial score (nSPS) is 10.4. The summed E-state index contributed by atoms with van der Waals surface area (Å²) in [6.07, 6.45) is 4.93. The Labute approximate surface area is 98.3 Å². The molecule has 0 radical (unpaired) electrons. The molecule has 5 nitrogen and oxygen atoms in total. The molecule has 1 aromatic rings. The number of carbonyl (C=O) groups is 1. The highest BCUT2D eigenvalue weighted by atomic mass is 16.3. The fourth-order valence-electron chi connectivity index (χ4n) is 1.15. The van der Waals surface area contributed by atoms with E-state index < -0.39 is 23.2 Å². The highest BCUT2D eigenvalue weighted by molar-refractivity contribution is 5.95. The monoisotopic (exact) mass is 235 g/mol. The Bertz CT molecular complexity index is 443. The number of carbonyl (C=O) groups excluding carboxylic acids is 1. The van der Waals surface area contributed by atoms with Crippen LogP contribution >= 0.6 is 0 Å². The van der Waals surface area contributed by atoms with Gasteiger partial charge in [-0.2, -0.15) is 0 Å². The Hall–Kier alpha value is -2.43. The molecular weight excluding hydrogens is 222 g/mol. The molecule has 0 aliphatic carbocycles. The maximum Gasteiger partial charge on any atom is 0.251 e. The number of amides is 1. The fourth-order valence-corrected chi connectivity index (χ4v) is 1.15. The lowest BCUT2D eigenvalue weighted by molar-refractivity contribution is 0.0957. The van der Waals surface area contributed by atoms with Crippen LogP contribution in [0, 0.1) is 0 Å². The Morgan fingerprint density at radius 1 is 1.29 bits per heavy atom. The lowest BCUT2D eigenvalue weighted by atomic mass is 10.1. The van der Waals surface area contributed by atoms with Crippen molar-refractivity contribution in [1.29, 1.82) is 0 Å². The molecule has 17 heavy (non-hydrogen) atoms. The Morgan fingerprint density at radius 2 is 1.88 bits per heavy atom. The third-order valence-corrected chi connectivity index (χ3v) is 1.98. The first kappa shape index (κ1) is 12.6. The SMILES string of the molecule is C=C/C=C\CNC(=O)c1cc(O)c(O)c(O)c1. The van der Waals surface area contributed by atoms with Crippen LogP contribution in [-0.4, -0.2) is 27.8 Å². The first-order chi connectivity index (χ1) is 8.06. The van der Waals surface area contributed by atoms with Gasteiger partial charge in [0.2, 0.25) is 0 Å². The predicted octanol–water partition coefficient (Wildman–Crippen LogP) is 1.28. The minimum Gasteiger partial charge on any atom is -0.504 e. The number of hydrogen-bond acceptors (Lipinski definition) is 4. The summed E-state index contributed by atoms with van der Waals surface area (Å²) in [4.78, 5) is 11.5. The molecule has 0 atom stereocenters. The topological polar surface area (TPSA) is 89.8 Å². The van der Waals surface area contributed by atoms with Crippen LogP contribution in [0.3, 0.4) is 0 Å². The van der Waals surface area contributed by atoms with Crippen molar-refractivity contribution >= 4 is 5.91 Å². The highest BCUT2D eigenvalue weighted by Crippen LogP contribution is 2.35. The van der Waals surface area contributed by atoms with Crippen molar-refractivity contribution in [3.05, 3.63) is 42.5 Å². The molecule has 0 fully saturated rings. The molecule has 1 amide bonds. The van der Waals surface area contributed by atoms with Crippen LogP contribution < -0.4 is 5.32 Å². The Balaban J connectivity index is 2.76. The minimum absolute atomic E-state index is 0.0600. The van der Waals surface area contributed by atoms with Crippen LogP contribution in [0.4, 0.5) is 0 Å². The van der Waals surface area contributed by atoms with E-state index in [1.54, 1.807) is 18.2 Å². The van der Waals surface area contributed by atoms with Gasteiger partial charge in [0.1, 0.15) is 0 Å². The molecule has 0 aromatic heterocycles. The molecule has 90 valence electrons. The summed E-state index contributed by atoms with van der Waals surface area (Å²) in [6.45, 7) is 3.77. The number of rotatable bonds is 4. The van der Waals surface area contributed by atoms with E-state index in [1.165, 1.54) is 0 Å². The van der Waals surface area contributed by atoms with Gasteiger partial charge in [-0.15, -0.1) is 0 Å². The Morgan fingerprint density at radius 3 is 2.41 bits per heavy atom. The van der Waals surface area contributed by atoms with Gasteiger partial charge in [0.15, 0.2) is 17.2 Å². The first-order valence-corrected chi connectivity index (χ1v) is 4.87. The molecule has 0 heterocycles. The molecule has 0 aliphatic rings. The van der Waals surface area contributed by atoms with Crippen molar-refractivity contribution in [3.8, 4) is 17.2 Å². The molecule has 1 rings (SSSR count). The quantitative estimate of drug-likeness (QED) is 0.467. The molecule has 0 unspecified atom stereocenters. The van der Waals surface area contributed by atoms with Gasteiger partial charge in [0.25, 0.3) is 5.91 Å². The van der Waals surface area contributed by atoms with E-state index in [2.05, 4.69) is 11.9 Å². The number of benzene rings is 1. The molecular formula is C12H13NO4. The van der Waals surface area contributed by atoms with Gasteiger partial charge < -0.3 is 20.6 Å². The van der Waals surface area contributed by atoms with E-state index in [4.69, 9.17) is 5.11 Å². The van der Waals surface area contributed by atoms with E-state index in [9.17, 15) is 15.0 Å². The van der Waals surface area contributed by atoms with Gasteiger partial charge in [-0.1, -0.05) is 24.8 Å². The summed E-state index contributed by atoms with van der Waals surface area (Å²) in [7, 11) is 0. The standard InChI is InChI=1S/C12H13NO4/c1-2-3-4-5-13-12(17)8-6-9(14)11(16)10(15)7-8/h2-4,6-7,14-16H,1,5H2,(H,13,17)/b4-3-. The second-order valence-electron chi connectivity index (χ2n) is 3.24. The van der Waals surface area contributed by atoms with Gasteiger partial charge in [0.05, 0.1) is 0 Å². The predicted molar refractivity (Wildman–Crippen MR) is 63.1 cm³/mol. The summed E-state index contributed by atoms with van der Waals surface area (Å²) < 4.78 is 0. The van der Waals surface area contributed by atoms with Crippen LogP contribution in [0.15, 0.2) is 36.9 Å². The molecule has 5 heteroatoms. The van der Waals surface area contributed by atoms with Crippen molar-refractivity contribution in [3.63, 3.8) is 0 Å². The van der Waals surface area contributed by atoms with Gasteiger partial charge in [-0.3, -0.25) is 4.79 Å². The molecule has 0 bridgehead atoms. The number of allylic oxidation sites excluding steroid dienone is 2. The second-order valence-corrected chi connectivity index (χ2v) is 3.24. The van der Waals surface area contributed by atoms with Crippen molar-refractivity contribution in [1.82, 2.24) is 5.32 Å². The molecule has 0 saturated heterocycles. The zero-order valence-corrected chi connectivity index (χ0v) is 9.05. The highest BCUT2D eigenvalue weighted by Gasteiger charge is 2.12. The van der Waals surface area contributed by atoms with Gasteiger partial charge in [0, 0.05) is 12.1 Å². The largest absolute Gasteiger partial charge is 0.504 e. The average Bonchev–Trinajstić information content (AvgIpc) is 2.30. The summed E-state index contributed by atoms with van der Waals surface area (Å²) >= 11 is 0. The summed E-state index contributed by atoms with van der Waals surface area (Å²) in [6, 6.07) is 2.14. The van der Waals surface area contributed by atoms with E-state index in [0.717, 1.165) is 12.1 Å². The third-order valence-electron chi connectivity index (χ3n) is 1.98. The number of aromatic hydroxyl groups is 3. The van der Waals surface area contributed by atoms with E-state index in [0.29, 0.717) is 6.54 Å². The van der Waals surface area contributed by atoms with Crippen molar-refractivity contribution < 1.29 is 20.1 Å². The summed E-state index contributed by atoms with van der Waals surface area (Å²) in [5.74, 6) is -2.20. The van der Waals surface area contributed by atoms with E-state index in [1.807, 2.05) is 0 Å². The molecule has 1 aromatic carbocycles. The van der Waals surface area contributed by atoms with E-state index >= 15 is 0 Å². The molecule has 4 N–H and O–H groups in total. The van der Waals surface area contributed by atoms with Crippen LogP contribution in [0.1, 0.15) is 10.4 Å². The number of phenolic OH excluding ortho intramolecular Hbond substituents is 3. The zero-order chi connectivity index (χ0) is 12.8. The van der Waals surface area contributed by atoms with Crippen molar-refractivity contribution in [2.75, 3.05) is 6.54 Å². The van der Waals surface area contributed by atoms with Crippen LogP contribution in [0.2, 0.25) is 0 Å². The lowest BCUT2D eigenvalue weighted by Crippen LogP contribution is -2.23. The van der Waals surface area contributed by atoms with Crippen molar-refractivity contribution in [2.45, 2.75) is 0 Å². The molecule has 0 aliphatic heterocycles. The van der Waals surface area contributed by atoms with Crippen molar-refractivity contribution in [2.24, 2.45) is 0 Å². The average molecular weight is 235 g/mol. The molecule has 0 spiro atoms. The number of phenols is 3. The zero-order valence-electron chi connectivity index (χ0n) is 9.05. The summed E-state index contributed by atoms with van der Waals surface area (Å²) in [5.41, 5.74) is 0.0600. The number of hydrogen-bond donors (Lipinski definition) is 4. The van der Waals surface area contributed by atoms with E-state index in [-0.39, 0.29) is 5.56 Å². The van der Waals surface area contributed by atoms with Gasteiger partial charge in [-0.25, -0.2) is 0 Å². The maximum atomic E-state index is 11.5. The van der Waals surface area contributed by atoms with Crippen LogP contribution in [0.5, 0.6) is 17.2 Å². The minimum atomic E-state index is -0.645. The third kappa shape index (κ3) is 3.27. The lowest BCUT2D eigenvalue weighted by Gasteiger charge is -2.05. The fraction of sp³-hybridized carbons (Fsp3) is 0.0833. The van der Waals surface area contributed by atoms with Crippen LogP contribution in [0.25, 0.3) is 0 Å². The van der Waals surface area contributed by atoms with Crippen LogP contribution in [-0.2, 0) is 0 Å². The summed E-state index contributed by atoms with van der Waals surface area (Å²) in [5, 5.41) is 30.1. The second kappa shape index (κ2) is 5.60.